The molecular weight excluding hydrogens is 356 g/mol. The molecule has 0 aliphatic carbocycles. The Morgan fingerprint density at radius 3 is 2.96 bits per heavy atom. The number of hydrogen-bond donors (Lipinski definition) is 2. The summed E-state index contributed by atoms with van der Waals surface area (Å²) < 4.78 is 4.90. The lowest BCUT2D eigenvalue weighted by molar-refractivity contribution is -0.144. The van der Waals surface area contributed by atoms with Gasteiger partial charge in [-0.05, 0) is 25.0 Å². The number of anilines is 1. The minimum absolute atomic E-state index is 0.0469. The van der Waals surface area contributed by atoms with Crippen LogP contribution in [-0.4, -0.2) is 71.4 Å². The highest BCUT2D eigenvalue weighted by atomic mass is 16.7. The number of carboxylic acid groups (broad SMARTS) is 1. The van der Waals surface area contributed by atoms with Crippen molar-refractivity contribution in [2.24, 2.45) is 5.16 Å². The van der Waals surface area contributed by atoms with Crippen LogP contribution in [0, 0.1) is 0 Å². The maximum atomic E-state index is 12.3. The van der Waals surface area contributed by atoms with Crippen LogP contribution in [0.5, 0.6) is 0 Å². The molecule has 0 saturated carbocycles. The standard InChI is InChI=1S/C16H20N4O4.CH2O2/c1-23-10-14(21)20-7-3-5-16(11-20)8-13(19-24-16)15(22)18-12-4-2-6-17-9-12;2-1-3/h2,4,6,9H,3,5,7-8,10-11H2,1H3,(H,18,22);1H,(H,2,3). The summed E-state index contributed by atoms with van der Waals surface area (Å²) in [5.74, 6) is -0.381. The van der Waals surface area contributed by atoms with Crippen LogP contribution >= 0.6 is 0 Å². The molecule has 1 aromatic heterocycles. The third-order valence-corrected chi connectivity index (χ3v) is 4.18. The molecule has 2 amide bonds. The normalized spacial score (nSPS) is 20.8. The van der Waals surface area contributed by atoms with E-state index in [0.717, 1.165) is 12.8 Å². The molecule has 1 aromatic rings. The van der Waals surface area contributed by atoms with Crippen LogP contribution in [0.25, 0.3) is 0 Å². The SMILES string of the molecule is COCC(=O)N1CCCC2(CC(C(=O)Nc3cccnc3)=NO2)C1.O=CO. The van der Waals surface area contributed by atoms with Gasteiger partial charge in [-0.25, -0.2) is 0 Å². The summed E-state index contributed by atoms with van der Waals surface area (Å²) in [6.07, 6.45) is 5.15. The van der Waals surface area contributed by atoms with E-state index in [1.807, 2.05) is 0 Å². The molecule has 2 aliphatic heterocycles. The smallest absolute Gasteiger partial charge is 0.290 e. The highest BCUT2D eigenvalue weighted by Gasteiger charge is 2.45. The average molecular weight is 378 g/mol. The van der Waals surface area contributed by atoms with Crippen LogP contribution in [0.1, 0.15) is 19.3 Å². The van der Waals surface area contributed by atoms with Crippen molar-refractivity contribution in [3.05, 3.63) is 24.5 Å². The number of likely N-dealkylation sites (tertiary alicyclic amines) is 1. The van der Waals surface area contributed by atoms with Crippen molar-refractivity contribution in [1.82, 2.24) is 9.88 Å². The van der Waals surface area contributed by atoms with Gasteiger partial charge in [0.05, 0.1) is 18.4 Å². The summed E-state index contributed by atoms with van der Waals surface area (Å²) in [4.78, 5) is 43.9. The summed E-state index contributed by atoms with van der Waals surface area (Å²) in [6, 6.07) is 3.49. The molecule has 1 fully saturated rings. The first-order valence-electron chi connectivity index (χ1n) is 8.34. The number of rotatable bonds is 4. The van der Waals surface area contributed by atoms with Crippen LogP contribution in [0.3, 0.4) is 0 Å². The molecule has 146 valence electrons. The predicted molar refractivity (Wildman–Crippen MR) is 95.1 cm³/mol. The van der Waals surface area contributed by atoms with Crippen molar-refractivity contribution >= 4 is 29.7 Å². The fraction of sp³-hybridized carbons (Fsp3) is 0.471. The van der Waals surface area contributed by atoms with E-state index >= 15 is 0 Å². The van der Waals surface area contributed by atoms with Gasteiger partial charge in [-0.1, -0.05) is 5.16 Å². The number of nitrogens with zero attached hydrogens (tertiary/aromatic N) is 3. The molecular formula is C17H22N4O6. The Morgan fingerprint density at radius 1 is 1.52 bits per heavy atom. The molecule has 2 N–H and O–H groups in total. The summed E-state index contributed by atoms with van der Waals surface area (Å²) in [5, 5.41) is 13.6. The molecule has 2 aliphatic rings. The Bertz CT molecular complexity index is 696. The highest BCUT2D eigenvalue weighted by molar-refractivity contribution is 6.43. The molecule has 1 unspecified atom stereocenters. The Balaban J connectivity index is 0.000000817. The first-order chi connectivity index (χ1) is 13.0. The molecule has 3 rings (SSSR count). The van der Waals surface area contributed by atoms with E-state index in [9.17, 15) is 9.59 Å². The molecule has 27 heavy (non-hydrogen) atoms. The van der Waals surface area contributed by atoms with E-state index in [1.54, 1.807) is 29.4 Å². The second-order valence-corrected chi connectivity index (χ2v) is 6.14. The molecule has 10 nitrogen and oxygen atoms in total. The Hall–Kier alpha value is -3.01. The van der Waals surface area contributed by atoms with Crippen molar-refractivity contribution in [2.45, 2.75) is 24.9 Å². The minimum Gasteiger partial charge on any atom is -0.483 e. The van der Waals surface area contributed by atoms with E-state index in [1.165, 1.54) is 7.11 Å². The summed E-state index contributed by atoms with van der Waals surface area (Å²) in [5.41, 5.74) is 0.329. The van der Waals surface area contributed by atoms with Gasteiger partial charge in [0.25, 0.3) is 12.4 Å². The van der Waals surface area contributed by atoms with Gasteiger partial charge >= 0.3 is 0 Å². The third kappa shape index (κ3) is 5.48. The van der Waals surface area contributed by atoms with E-state index in [-0.39, 0.29) is 24.9 Å². The second kappa shape index (κ2) is 9.62. The monoisotopic (exact) mass is 378 g/mol. The number of carbonyl (C=O) groups is 3. The largest absolute Gasteiger partial charge is 0.483 e. The van der Waals surface area contributed by atoms with Crippen molar-refractivity contribution in [1.29, 1.82) is 0 Å². The van der Waals surface area contributed by atoms with Crippen LogP contribution in [-0.2, 0) is 24.0 Å². The van der Waals surface area contributed by atoms with E-state index in [2.05, 4.69) is 15.5 Å². The number of oxime groups is 1. The van der Waals surface area contributed by atoms with Crippen molar-refractivity contribution in [3.63, 3.8) is 0 Å². The zero-order valence-electron chi connectivity index (χ0n) is 15.0. The van der Waals surface area contributed by atoms with Crippen molar-refractivity contribution in [3.8, 4) is 0 Å². The number of nitrogens with one attached hydrogen (secondary N) is 1. The van der Waals surface area contributed by atoms with Crippen LogP contribution in [0.15, 0.2) is 29.7 Å². The maximum absolute atomic E-state index is 12.3. The fourth-order valence-corrected chi connectivity index (χ4v) is 3.03. The topological polar surface area (TPSA) is 130 Å². The second-order valence-electron chi connectivity index (χ2n) is 6.14. The number of methoxy groups -OCH3 is 1. The van der Waals surface area contributed by atoms with Gasteiger partial charge in [0.2, 0.25) is 5.91 Å². The lowest BCUT2D eigenvalue weighted by Gasteiger charge is -2.38. The molecule has 1 atom stereocenters. The van der Waals surface area contributed by atoms with E-state index in [4.69, 9.17) is 19.5 Å². The van der Waals surface area contributed by atoms with Gasteiger partial charge in [-0.15, -0.1) is 0 Å². The molecule has 1 saturated heterocycles. The Kier molecular flexibility index (Phi) is 7.24. The van der Waals surface area contributed by atoms with Crippen LogP contribution in [0.2, 0.25) is 0 Å². The number of amides is 2. The van der Waals surface area contributed by atoms with Gasteiger partial charge < -0.3 is 24.9 Å². The van der Waals surface area contributed by atoms with Gasteiger partial charge in [0.1, 0.15) is 12.3 Å². The molecule has 3 heterocycles. The average Bonchev–Trinajstić information content (AvgIpc) is 3.07. The summed E-state index contributed by atoms with van der Waals surface area (Å²) in [6.45, 7) is 0.887. The van der Waals surface area contributed by atoms with Gasteiger partial charge in [0, 0.05) is 26.3 Å². The zero-order valence-corrected chi connectivity index (χ0v) is 15.0. The number of carbonyl (C=O) groups excluding carboxylic acids is 2. The predicted octanol–water partition coefficient (Wildman–Crippen LogP) is 0.505. The van der Waals surface area contributed by atoms with Crippen LogP contribution < -0.4 is 5.32 Å². The number of piperidine rings is 1. The van der Waals surface area contributed by atoms with E-state index < -0.39 is 5.60 Å². The minimum atomic E-state index is -0.608. The molecule has 10 heteroatoms. The fourth-order valence-electron chi connectivity index (χ4n) is 3.03. The lowest BCUT2D eigenvalue weighted by atomic mass is 9.88. The Morgan fingerprint density at radius 2 is 2.30 bits per heavy atom. The van der Waals surface area contributed by atoms with Crippen molar-refractivity contribution in [2.75, 3.05) is 32.1 Å². The van der Waals surface area contributed by atoms with E-state index in [0.29, 0.717) is 30.9 Å². The number of hydrogen-bond acceptors (Lipinski definition) is 7. The molecule has 1 spiro atoms. The quantitative estimate of drug-likeness (QED) is 0.730. The zero-order chi connectivity index (χ0) is 19.7. The molecule has 0 bridgehead atoms. The summed E-state index contributed by atoms with van der Waals surface area (Å²) >= 11 is 0. The highest BCUT2D eigenvalue weighted by Crippen LogP contribution is 2.33. The lowest BCUT2D eigenvalue weighted by Crippen LogP contribution is -2.51. The first-order valence-corrected chi connectivity index (χ1v) is 8.34. The maximum Gasteiger partial charge on any atom is 0.290 e. The molecule has 0 radical (unpaired) electrons. The number of aromatic nitrogens is 1. The van der Waals surface area contributed by atoms with Gasteiger partial charge in [-0.2, -0.15) is 0 Å². The summed E-state index contributed by atoms with van der Waals surface area (Å²) in [7, 11) is 1.49. The molecule has 0 aromatic carbocycles. The third-order valence-electron chi connectivity index (χ3n) is 4.18. The number of pyridine rings is 1. The van der Waals surface area contributed by atoms with Crippen molar-refractivity contribution < 1.29 is 29.1 Å². The van der Waals surface area contributed by atoms with Gasteiger partial charge in [0.15, 0.2) is 5.60 Å². The van der Waals surface area contributed by atoms with Gasteiger partial charge in [-0.3, -0.25) is 19.4 Å². The Labute approximate surface area is 156 Å². The van der Waals surface area contributed by atoms with Crippen LogP contribution in [0.4, 0.5) is 5.69 Å². The number of ether oxygens (including phenoxy) is 1. The first kappa shape index (κ1) is 20.3.